The van der Waals surface area contributed by atoms with Crippen molar-refractivity contribution >= 4 is 5.69 Å². The molecule has 0 bridgehead atoms. The zero-order chi connectivity index (χ0) is 12.8. The molecule has 0 aliphatic carbocycles. The Morgan fingerprint density at radius 3 is 2.56 bits per heavy atom. The first-order chi connectivity index (χ1) is 8.79. The standard InChI is InChI=1S/C15H15N3/c1-18(11-9-14-4-2-3-10-17-14)15-7-5-13(12-16)6-8-15/h2-8,10H,9,11H2,1H3. The van der Waals surface area contributed by atoms with Crippen molar-refractivity contribution < 1.29 is 0 Å². The van der Waals surface area contributed by atoms with Gasteiger partial charge in [0, 0.05) is 37.6 Å². The molecule has 0 unspecified atom stereocenters. The number of benzene rings is 1. The van der Waals surface area contributed by atoms with Gasteiger partial charge in [-0.3, -0.25) is 4.98 Å². The molecular weight excluding hydrogens is 222 g/mol. The molecule has 2 rings (SSSR count). The molecular formula is C15H15N3. The molecule has 1 heterocycles. The van der Waals surface area contributed by atoms with E-state index in [1.165, 1.54) is 0 Å². The molecule has 0 atom stereocenters. The summed E-state index contributed by atoms with van der Waals surface area (Å²) in [7, 11) is 2.05. The summed E-state index contributed by atoms with van der Waals surface area (Å²) in [6.07, 6.45) is 2.73. The summed E-state index contributed by atoms with van der Waals surface area (Å²) in [5, 5.41) is 8.75. The van der Waals surface area contributed by atoms with E-state index in [1.807, 2.05) is 55.7 Å². The van der Waals surface area contributed by atoms with E-state index in [0.717, 1.165) is 24.3 Å². The van der Waals surface area contributed by atoms with Gasteiger partial charge in [0.25, 0.3) is 0 Å². The molecule has 1 aromatic carbocycles. The highest BCUT2D eigenvalue weighted by molar-refractivity contribution is 5.49. The van der Waals surface area contributed by atoms with Crippen LogP contribution in [0, 0.1) is 11.3 Å². The zero-order valence-electron chi connectivity index (χ0n) is 10.4. The van der Waals surface area contributed by atoms with Crippen molar-refractivity contribution in [3.63, 3.8) is 0 Å². The number of hydrogen-bond acceptors (Lipinski definition) is 3. The number of hydrogen-bond donors (Lipinski definition) is 0. The first-order valence-electron chi connectivity index (χ1n) is 5.91. The second-order valence-corrected chi connectivity index (χ2v) is 4.15. The van der Waals surface area contributed by atoms with E-state index in [1.54, 1.807) is 0 Å². The highest BCUT2D eigenvalue weighted by Crippen LogP contribution is 2.13. The van der Waals surface area contributed by atoms with Crippen molar-refractivity contribution in [1.82, 2.24) is 4.98 Å². The van der Waals surface area contributed by atoms with Crippen LogP contribution in [0.1, 0.15) is 11.3 Å². The van der Waals surface area contributed by atoms with Gasteiger partial charge < -0.3 is 4.90 Å². The minimum Gasteiger partial charge on any atom is -0.374 e. The monoisotopic (exact) mass is 237 g/mol. The van der Waals surface area contributed by atoms with Crippen molar-refractivity contribution in [3.05, 3.63) is 59.9 Å². The molecule has 0 spiro atoms. The van der Waals surface area contributed by atoms with Gasteiger partial charge in [-0.2, -0.15) is 5.26 Å². The quantitative estimate of drug-likeness (QED) is 0.820. The lowest BCUT2D eigenvalue weighted by atomic mass is 10.2. The summed E-state index contributed by atoms with van der Waals surface area (Å²) < 4.78 is 0. The van der Waals surface area contributed by atoms with Crippen molar-refractivity contribution in [2.45, 2.75) is 6.42 Å². The summed E-state index contributed by atoms with van der Waals surface area (Å²) in [5.74, 6) is 0. The normalized spacial score (nSPS) is 9.78. The Bertz CT molecular complexity index is 526. The van der Waals surface area contributed by atoms with E-state index < -0.39 is 0 Å². The molecule has 18 heavy (non-hydrogen) atoms. The van der Waals surface area contributed by atoms with Crippen molar-refractivity contribution in [2.75, 3.05) is 18.5 Å². The molecule has 3 heteroatoms. The predicted octanol–water partition coefficient (Wildman–Crippen LogP) is 2.63. The van der Waals surface area contributed by atoms with E-state index in [9.17, 15) is 0 Å². The van der Waals surface area contributed by atoms with Crippen LogP contribution in [0.5, 0.6) is 0 Å². The summed E-state index contributed by atoms with van der Waals surface area (Å²) in [6.45, 7) is 0.906. The van der Waals surface area contributed by atoms with Crippen molar-refractivity contribution in [3.8, 4) is 6.07 Å². The highest BCUT2D eigenvalue weighted by atomic mass is 15.1. The van der Waals surface area contributed by atoms with Gasteiger partial charge in [0.2, 0.25) is 0 Å². The van der Waals surface area contributed by atoms with E-state index in [-0.39, 0.29) is 0 Å². The zero-order valence-corrected chi connectivity index (χ0v) is 10.4. The summed E-state index contributed by atoms with van der Waals surface area (Å²) >= 11 is 0. The molecule has 0 aliphatic heterocycles. The number of nitrogens with zero attached hydrogens (tertiary/aromatic N) is 3. The van der Waals surface area contributed by atoms with Crippen LogP contribution in [-0.2, 0) is 6.42 Å². The van der Waals surface area contributed by atoms with Gasteiger partial charge in [-0.1, -0.05) is 6.07 Å². The SMILES string of the molecule is CN(CCc1ccccn1)c1ccc(C#N)cc1. The van der Waals surface area contributed by atoms with E-state index in [2.05, 4.69) is 16.0 Å². The Kier molecular flexibility index (Phi) is 3.93. The van der Waals surface area contributed by atoms with E-state index >= 15 is 0 Å². The van der Waals surface area contributed by atoms with Gasteiger partial charge in [-0.15, -0.1) is 0 Å². The van der Waals surface area contributed by atoms with Crippen LogP contribution in [0.2, 0.25) is 0 Å². The first kappa shape index (κ1) is 12.1. The molecule has 0 amide bonds. The lowest BCUT2D eigenvalue weighted by Crippen LogP contribution is -2.20. The van der Waals surface area contributed by atoms with Gasteiger partial charge in [0.1, 0.15) is 0 Å². The van der Waals surface area contributed by atoms with Crippen LogP contribution in [0.15, 0.2) is 48.7 Å². The molecule has 1 aromatic heterocycles. The topological polar surface area (TPSA) is 39.9 Å². The van der Waals surface area contributed by atoms with Gasteiger partial charge >= 0.3 is 0 Å². The average molecular weight is 237 g/mol. The third-order valence-corrected chi connectivity index (χ3v) is 2.87. The van der Waals surface area contributed by atoms with Gasteiger partial charge in [0.15, 0.2) is 0 Å². The number of likely N-dealkylation sites (N-methyl/N-ethyl adjacent to an activating group) is 1. The first-order valence-corrected chi connectivity index (χ1v) is 5.91. The largest absolute Gasteiger partial charge is 0.374 e. The number of pyridine rings is 1. The molecule has 0 radical (unpaired) electrons. The summed E-state index contributed by atoms with van der Waals surface area (Å²) in [5.41, 5.74) is 2.90. The average Bonchev–Trinajstić information content (AvgIpc) is 2.46. The Labute approximate surface area is 107 Å². The lowest BCUT2D eigenvalue weighted by Gasteiger charge is -2.18. The molecule has 0 fully saturated rings. The van der Waals surface area contributed by atoms with Crippen LogP contribution in [0.25, 0.3) is 0 Å². The summed E-state index contributed by atoms with van der Waals surface area (Å²) in [4.78, 5) is 6.46. The third-order valence-electron chi connectivity index (χ3n) is 2.87. The fourth-order valence-electron chi connectivity index (χ4n) is 1.75. The predicted molar refractivity (Wildman–Crippen MR) is 72.4 cm³/mol. The minimum atomic E-state index is 0.692. The second kappa shape index (κ2) is 5.83. The fraction of sp³-hybridized carbons (Fsp3) is 0.200. The lowest BCUT2D eigenvalue weighted by molar-refractivity contribution is 0.852. The van der Waals surface area contributed by atoms with Crippen LogP contribution in [0.3, 0.4) is 0 Å². The van der Waals surface area contributed by atoms with Crippen molar-refractivity contribution in [1.29, 1.82) is 5.26 Å². The molecule has 3 nitrogen and oxygen atoms in total. The number of aromatic nitrogens is 1. The Balaban J connectivity index is 1.95. The van der Waals surface area contributed by atoms with E-state index in [0.29, 0.717) is 5.56 Å². The Morgan fingerprint density at radius 2 is 1.94 bits per heavy atom. The minimum absolute atomic E-state index is 0.692. The number of anilines is 1. The van der Waals surface area contributed by atoms with Crippen LogP contribution in [0.4, 0.5) is 5.69 Å². The Hall–Kier alpha value is -2.34. The maximum atomic E-state index is 8.75. The molecule has 90 valence electrons. The highest BCUT2D eigenvalue weighted by Gasteiger charge is 2.01. The van der Waals surface area contributed by atoms with Crippen LogP contribution in [-0.4, -0.2) is 18.6 Å². The van der Waals surface area contributed by atoms with Gasteiger partial charge in [0.05, 0.1) is 11.6 Å². The maximum absolute atomic E-state index is 8.75. The molecule has 0 N–H and O–H groups in total. The van der Waals surface area contributed by atoms with Crippen molar-refractivity contribution in [2.24, 2.45) is 0 Å². The number of nitriles is 1. The Morgan fingerprint density at radius 1 is 1.17 bits per heavy atom. The maximum Gasteiger partial charge on any atom is 0.0991 e. The smallest absolute Gasteiger partial charge is 0.0991 e. The molecule has 0 saturated carbocycles. The molecule has 0 aliphatic rings. The van der Waals surface area contributed by atoms with Gasteiger partial charge in [-0.05, 0) is 36.4 Å². The number of rotatable bonds is 4. The van der Waals surface area contributed by atoms with E-state index in [4.69, 9.17) is 5.26 Å². The van der Waals surface area contributed by atoms with Gasteiger partial charge in [-0.25, -0.2) is 0 Å². The van der Waals surface area contributed by atoms with Crippen LogP contribution >= 0.6 is 0 Å². The fourth-order valence-corrected chi connectivity index (χ4v) is 1.75. The second-order valence-electron chi connectivity index (χ2n) is 4.15. The summed E-state index contributed by atoms with van der Waals surface area (Å²) in [6, 6.07) is 15.7. The van der Waals surface area contributed by atoms with Crippen LogP contribution < -0.4 is 4.90 Å². The molecule has 2 aromatic rings. The third kappa shape index (κ3) is 3.08. The molecule has 0 saturated heterocycles.